The molecule has 0 radical (unpaired) electrons. The fourth-order valence-electron chi connectivity index (χ4n) is 3.02. The van der Waals surface area contributed by atoms with Crippen LogP contribution < -0.4 is 16.0 Å². The van der Waals surface area contributed by atoms with Gasteiger partial charge in [0.05, 0.1) is 6.54 Å². The van der Waals surface area contributed by atoms with Gasteiger partial charge in [0.1, 0.15) is 6.04 Å². The maximum Gasteiger partial charge on any atom is 0.279 e. The molecule has 2 heterocycles. The van der Waals surface area contributed by atoms with Crippen LogP contribution in [0, 0.1) is 0 Å². The molecule has 2 atom stereocenters. The van der Waals surface area contributed by atoms with Crippen molar-refractivity contribution in [3.05, 3.63) is 51.7 Å². The van der Waals surface area contributed by atoms with Gasteiger partial charge in [-0.25, -0.2) is 0 Å². The van der Waals surface area contributed by atoms with Gasteiger partial charge >= 0.3 is 0 Å². The fraction of sp³-hybridized carbons (Fsp3) is 0.294. The fourth-order valence-corrected chi connectivity index (χ4v) is 4.00. The zero-order valence-corrected chi connectivity index (χ0v) is 13.8. The SMILES string of the molecule is C[C@@H]1c2ccsc2CC[NH+]1CC(=O)Nc1ccc(C(N)=O)cc1. The summed E-state index contributed by atoms with van der Waals surface area (Å²) in [6.07, 6.45) is 1.03. The first-order valence-electron chi connectivity index (χ1n) is 7.65. The zero-order valence-electron chi connectivity index (χ0n) is 13.0. The Morgan fingerprint density at radius 2 is 2.04 bits per heavy atom. The van der Waals surface area contributed by atoms with Crippen LogP contribution in [0.2, 0.25) is 0 Å². The van der Waals surface area contributed by atoms with E-state index in [-0.39, 0.29) is 5.91 Å². The summed E-state index contributed by atoms with van der Waals surface area (Å²) in [6.45, 7) is 3.59. The lowest BCUT2D eigenvalue weighted by atomic mass is 10.0. The molecule has 0 saturated heterocycles. The molecular formula is C17H20N3O2S+. The molecule has 1 aliphatic heterocycles. The minimum absolute atomic E-state index is 0.0163. The highest BCUT2D eigenvalue weighted by Gasteiger charge is 2.29. The van der Waals surface area contributed by atoms with E-state index in [0.29, 0.717) is 23.8 Å². The molecule has 1 unspecified atom stereocenters. The molecule has 3 rings (SSSR count). The monoisotopic (exact) mass is 330 g/mol. The van der Waals surface area contributed by atoms with Crippen molar-refractivity contribution in [2.75, 3.05) is 18.4 Å². The molecule has 23 heavy (non-hydrogen) atoms. The zero-order chi connectivity index (χ0) is 16.4. The molecule has 4 N–H and O–H groups in total. The van der Waals surface area contributed by atoms with Gasteiger partial charge in [-0.3, -0.25) is 9.59 Å². The van der Waals surface area contributed by atoms with E-state index in [9.17, 15) is 9.59 Å². The molecule has 1 aliphatic rings. The summed E-state index contributed by atoms with van der Waals surface area (Å²) in [5.41, 5.74) is 7.69. The lowest BCUT2D eigenvalue weighted by molar-refractivity contribution is -0.923. The first-order valence-corrected chi connectivity index (χ1v) is 8.53. The van der Waals surface area contributed by atoms with Gasteiger partial charge in [-0.05, 0) is 42.6 Å². The largest absolute Gasteiger partial charge is 0.366 e. The van der Waals surface area contributed by atoms with Gasteiger partial charge in [-0.15, -0.1) is 11.3 Å². The topological polar surface area (TPSA) is 76.6 Å². The number of anilines is 1. The number of fused-ring (bicyclic) bond motifs is 1. The molecule has 2 amide bonds. The van der Waals surface area contributed by atoms with E-state index in [1.165, 1.54) is 15.3 Å². The summed E-state index contributed by atoms with van der Waals surface area (Å²) in [4.78, 5) is 26.0. The van der Waals surface area contributed by atoms with Gasteiger partial charge in [-0.2, -0.15) is 0 Å². The number of nitrogens with two attached hydrogens (primary N) is 1. The Hall–Kier alpha value is -2.18. The van der Waals surface area contributed by atoms with Crippen LogP contribution in [0.4, 0.5) is 5.69 Å². The van der Waals surface area contributed by atoms with E-state index >= 15 is 0 Å². The third-order valence-corrected chi connectivity index (χ3v) is 5.37. The number of amides is 2. The quantitative estimate of drug-likeness (QED) is 0.782. The number of carbonyl (C=O) groups is 2. The molecular weight excluding hydrogens is 310 g/mol. The number of nitrogens with one attached hydrogen (secondary N) is 2. The molecule has 120 valence electrons. The summed E-state index contributed by atoms with van der Waals surface area (Å²) in [6, 6.07) is 9.14. The Balaban J connectivity index is 1.60. The smallest absolute Gasteiger partial charge is 0.279 e. The van der Waals surface area contributed by atoms with Crippen molar-refractivity contribution in [3.63, 3.8) is 0 Å². The summed E-state index contributed by atoms with van der Waals surface area (Å²) >= 11 is 1.80. The number of carbonyl (C=O) groups excluding carboxylic acids is 2. The lowest BCUT2D eigenvalue weighted by Crippen LogP contribution is -3.14. The minimum atomic E-state index is -0.471. The molecule has 0 bridgehead atoms. The Kier molecular flexibility index (Phi) is 4.45. The number of benzene rings is 1. The number of primary amides is 1. The molecule has 1 aromatic carbocycles. The van der Waals surface area contributed by atoms with E-state index in [1.807, 2.05) is 0 Å². The van der Waals surface area contributed by atoms with Gasteiger partial charge in [-0.1, -0.05) is 0 Å². The van der Waals surface area contributed by atoms with Crippen molar-refractivity contribution in [2.24, 2.45) is 5.73 Å². The second-order valence-electron chi connectivity index (χ2n) is 5.85. The van der Waals surface area contributed by atoms with Gasteiger partial charge in [0, 0.05) is 28.1 Å². The van der Waals surface area contributed by atoms with Crippen LogP contribution in [-0.2, 0) is 11.2 Å². The second-order valence-corrected chi connectivity index (χ2v) is 6.85. The first-order chi connectivity index (χ1) is 11.0. The second kappa shape index (κ2) is 6.52. The number of thiophene rings is 1. The van der Waals surface area contributed by atoms with E-state index in [1.54, 1.807) is 35.6 Å². The van der Waals surface area contributed by atoms with E-state index < -0.39 is 5.91 Å². The van der Waals surface area contributed by atoms with Gasteiger partial charge in [0.25, 0.3) is 5.91 Å². The minimum Gasteiger partial charge on any atom is -0.366 e. The van der Waals surface area contributed by atoms with Gasteiger partial charge in [0.15, 0.2) is 6.54 Å². The number of hydrogen-bond acceptors (Lipinski definition) is 3. The van der Waals surface area contributed by atoms with Crippen LogP contribution in [0.25, 0.3) is 0 Å². The Labute approximate surface area is 139 Å². The molecule has 2 aromatic rings. The van der Waals surface area contributed by atoms with E-state index in [4.69, 9.17) is 5.73 Å². The van der Waals surface area contributed by atoms with Crippen LogP contribution in [0.5, 0.6) is 0 Å². The van der Waals surface area contributed by atoms with E-state index in [0.717, 1.165) is 13.0 Å². The summed E-state index contributed by atoms with van der Waals surface area (Å²) in [7, 11) is 0. The average molecular weight is 330 g/mol. The maximum absolute atomic E-state index is 12.3. The number of hydrogen-bond donors (Lipinski definition) is 3. The Bertz CT molecular complexity index is 724. The van der Waals surface area contributed by atoms with Crippen LogP contribution >= 0.6 is 11.3 Å². The Morgan fingerprint density at radius 3 is 2.74 bits per heavy atom. The highest BCUT2D eigenvalue weighted by molar-refractivity contribution is 7.10. The summed E-state index contributed by atoms with van der Waals surface area (Å²) in [5, 5.41) is 5.01. The van der Waals surface area contributed by atoms with Crippen molar-refractivity contribution in [3.8, 4) is 0 Å². The van der Waals surface area contributed by atoms with Crippen molar-refractivity contribution in [1.82, 2.24) is 0 Å². The normalized spacial score (nSPS) is 19.9. The first kappa shape index (κ1) is 15.7. The summed E-state index contributed by atoms with van der Waals surface area (Å²) < 4.78 is 0. The predicted octanol–water partition coefficient (Wildman–Crippen LogP) is 0.988. The Morgan fingerprint density at radius 1 is 1.30 bits per heavy atom. The summed E-state index contributed by atoms with van der Waals surface area (Å²) in [5.74, 6) is -0.488. The standard InChI is InChI=1S/C17H19N3O2S/c1-11-14-7-9-23-15(14)6-8-20(11)10-16(21)19-13-4-2-12(3-5-13)17(18)22/h2-5,7,9,11H,6,8,10H2,1H3,(H2,18,22)(H,19,21)/p+1/t11-/m1/s1. The average Bonchev–Trinajstić information content (AvgIpc) is 3.00. The molecule has 0 spiro atoms. The van der Waals surface area contributed by atoms with Gasteiger partial charge < -0.3 is 16.0 Å². The van der Waals surface area contributed by atoms with Crippen molar-refractivity contribution < 1.29 is 14.5 Å². The predicted molar refractivity (Wildman–Crippen MR) is 90.7 cm³/mol. The van der Waals surface area contributed by atoms with Crippen LogP contribution in [0.15, 0.2) is 35.7 Å². The van der Waals surface area contributed by atoms with E-state index in [2.05, 4.69) is 23.7 Å². The molecule has 0 aliphatic carbocycles. The number of rotatable bonds is 4. The molecule has 5 nitrogen and oxygen atoms in total. The van der Waals surface area contributed by atoms with Crippen LogP contribution in [0.3, 0.4) is 0 Å². The molecule has 0 saturated carbocycles. The van der Waals surface area contributed by atoms with Gasteiger partial charge in [0.2, 0.25) is 5.91 Å². The molecule has 0 fully saturated rings. The van der Waals surface area contributed by atoms with Crippen LogP contribution in [0.1, 0.15) is 33.8 Å². The lowest BCUT2D eigenvalue weighted by Gasteiger charge is -2.29. The highest BCUT2D eigenvalue weighted by atomic mass is 32.1. The van der Waals surface area contributed by atoms with Crippen molar-refractivity contribution in [2.45, 2.75) is 19.4 Å². The third kappa shape index (κ3) is 3.43. The number of quaternary nitrogens is 1. The van der Waals surface area contributed by atoms with Crippen molar-refractivity contribution in [1.29, 1.82) is 0 Å². The third-order valence-electron chi connectivity index (χ3n) is 4.37. The van der Waals surface area contributed by atoms with Crippen molar-refractivity contribution >= 4 is 28.8 Å². The maximum atomic E-state index is 12.3. The van der Waals surface area contributed by atoms with Crippen LogP contribution in [-0.4, -0.2) is 24.9 Å². The highest BCUT2D eigenvalue weighted by Crippen LogP contribution is 2.24. The molecule has 6 heteroatoms. The molecule has 1 aromatic heterocycles.